The summed E-state index contributed by atoms with van der Waals surface area (Å²) >= 11 is 6.45. The Bertz CT molecular complexity index is 2090. The van der Waals surface area contributed by atoms with Crippen LogP contribution in [0.15, 0.2) is 73.1 Å². The SMILES string of the molecule is [2H]/C(=C\C(=O)Cc1cc2c(Nc3ccc(OC([2H])([2H])c4ccccn4)c(Cl)c3)c(C#N)cnc2cc1OC([2H])([2H])C([2H])([2H])[2H])C([2H])([2H])N(C)C([2H])([2H])[2H]. The van der Waals surface area contributed by atoms with Crippen molar-refractivity contribution in [1.82, 2.24) is 14.9 Å². The first-order valence-electron chi connectivity index (χ1n) is 18.0. The number of nitriles is 1. The third-order valence-electron chi connectivity index (χ3n) is 5.29. The number of carbonyl (C=O) groups is 1. The van der Waals surface area contributed by atoms with E-state index >= 15 is 0 Å². The molecule has 0 fully saturated rings. The van der Waals surface area contributed by atoms with Crippen LogP contribution < -0.4 is 14.8 Å². The molecule has 0 saturated carbocycles. The number of anilines is 2. The number of rotatable bonds is 12. The number of halogens is 1. The average molecular weight is 569 g/mol. The summed E-state index contributed by atoms with van der Waals surface area (Å²) in [4.78, 5) is 21.7. The van der Waals surface area contributed by atoms with Crippen molar-refractivity contribution in [1.29, 1.82) is 5.26 Å². The largest absolute Gasteiger partial charge is 0.494 e. The summed E-state index contributed by atoms with van der Waals surface area (Å²) in [5.41, 5.74) is 0.282. The highest BCUT2D eigenvalue weighted by Crippen LogP contribution is 2.36. The molecule has 4 rings (SSSR count). The van der Waals surface area contributed by atoms with Crippen molar-refractivity contribution in [3.05, 3.63) is 94.9 Å². The van der Waals surface area contributed by atoms with E-state index in [1.165, 1.54) is 42.7 Å². The Morgan fingerprint density at radius 3 is 2.90 bits per heavy atom. The molecule has 0 saturated heterocycles. The van der Waals surface area contributed by atoms with Crippen molar-refractivity contribution in [2.75, 3.05) is 32.4 Å². The summed E-state index contributed by atoms with van der Waals surface area (Å²) in [6.45, 7) is -14.8. The van der Waals surface area contributed by atoms with E-state index in [0.717, 1.165) is 13.1 Å². The molecule has 40 heavy (non-hydrogen) atoms. The van der Waals surface area contributed by atoms with Gasteiger partial charge in [0.15, 0.2) is 5.78 Å². The van der Waals surface area contributed by atoms with E-state index in [1.807, 2.05) is 6.07 Å². The lowest BCUT2D eigenvalue weighted by Gasteiger charge is -2.16. The molecule has 2 heterocycles. The molecule has 0 unspecified atom stereocenters. The van der Waals surface area contributed by atoms with Gasteiger partial charge in [0, 0.05) is 59.0 Å². The van der Waals surface area contributed by atoms with Crippen molar-refractivity contribution >= 4 is 39.7 Å². The van der Waals surface area contributed by atoms with Gasteiger partial charge in [0.25, 0.3) is 0 Å². The minimum Gasteiger partial charge on any atom is -0.494 e. The van der Waals surface area contributed by atoms with Crippen molar-refractivity contribution in [2.24, 2.45) is 0 Å². The first-order chi connectivity index (χ1) is 24.4. The second-order valence-corrected chi connectivity index (χ2v) is 8.54. The van der Waals surface area contributed by atoms with Gasteiger partial charge < -0.3 is 19.7 Å². The van der Waals surface area contributed by atoms with Gasteiger partial charge in [0.05, 0.1) is 40.9 Å². The molecule has 0 aliphatic carbocycles. The number of aromatic nitrogens is 2. The van der Waals surface area contributed by atoms with Crippen molar-refractivity contribution in [3.63, 3.8) is 0 Å². The Morgan fingerprint density at radius 2 is 2.15 bits per heavy atom. The second-order valence-electron chi connectivity index (χ2n) is 8.13. The van der Waals surface area contributed by atoms with Crippen LogP contribution in [-0.2, 0) is 17.8 Å². The van der Waals surface area contributed by atoms with Crippen LogP contribution in [0.5, 0.6) is 11.5 Å². The number of nitrogens with zero attached hydrogens (tertiary/aromatic N) is 4. The summed E-state index contributed by atoms with van der Waals surface area (Å²) in [7, 11) is 0.911. The quantitative estimate of drug-likeness (QED) is 0.204. The number of pyridine rings is 2. The zero-order chi connectivity index (χ0) is 39.7. The van der Waals surface area contributed by atoms with E-state index in [4.69, 9.17) is 38.9 Å². The molecule has 0 aliphatic heterocycles. The average Bonchev–Trinajstić information content (AvgIpc) is 3.05. The van der Waals surface area contributed by atoms with Crippen LogP contribution in [0, 0.1) is 11.3 Å². The van der Waals surface area contributed by atoms with E-state index in [1.54, 1.807) is 12.1 Å². The van der Waals surface area contributed by atoms with E-state index in [9.17, 15) is 10.1 Å². The number of likely N-dealkylation sites (N-methyl/N-ethyl adjacent to an activating group) is 1. The smallest absolute Gasteiger partial charge is 0.159 e. The van der Waals surface area contributed by atoms with Crippen molar-refractivity contribution < 1.29 is 32.1 Å². The van der Waals surface area contributed by atoms with Gasteiger partial charge in [-0.15, -0.1) is 0 Å². The Morgan fingerprint density at radius 1 is 1.25 bits per heavy atom. The molecule has 1 N–H and O–H groups in total. The molecule has 0 atom stereocenters. The Labute approximate surface area is 257 Å². The summed E-state index contributed by atoms with van der Waals surface area (Å²) in [6.07, 6.45) is 2.42. The van der Waals surface area contributed by atoms with Gasteiger partial charge in [-0.05, 0) is 63.3 Å². The van der Waals surface area contributed by atoms with E-state index in [0.29, 0.717) is 6.08 Å². The van der Waals surface area contributed by atoms with Crippen LogP contribution in [0.1, 0.15) is 41.5 Å². The van der Waals surface area contributed by atoms with Crippen LogP contribution in [-0.4, -0.2) is 47.7 Å². The summed E-state index contributed by atoms with van der Waals surface area (Å²) in [6, 6.07) is 12.3. The summed E-state index contributed by atoms with van der Waals surface area (Å²) in [5, 5.41) is 13.1. The molecule has 204 valence electrons. The van der Waals surface area contributed by atoms with Crippen molar-refractivity contribution in [2.45, 2.75) is 19.8 Å². The maximum atomic E-state index is 13.2. The maximum absolute atomic E-state index is 13.2. The van der Waals surface area contributed by atoms with Gasteiger partial charge >= 0.3 is 0 Å². The lowest BCUT2D eigenvalue weighted by molar-refractivity contribution is -0.114. The minimum absolute atomic E-state index is 0.000794. The first kappa shape index (κ1) is 16.0. The van der Waals surface area contributed by atoms with Crippen LogP contribution in [0.3, 0.4) is 0 Å². The maximum Gasteiger partial charge on any atom is 0.159 e. The number of nitrogens with one attached hydrogen (secondary N) is 1. The molecule has 0 radical (unpaired) electrons. The fourth-order valence-electron chi connectivity index (χ4n) is 3.56. The normalized spacial score (nSPS) is 17.9. The molecule has 4 aromatic rings. The number of benzene rings is 2. The lowest BCUT2D eigenvalue weighted by atomic mass is 10.0. The number of carbonyl (C=O) groups excluding carboxylic acids is 1. The number of ketones is 1. The zero-order valence-electron chi connectivity index (χ0n) is 33.9. The van der Waals surface area contributed by atoms with Gasteiger partial charge in [0.2, 0.25) is 0 Å². The monoisotopic (exact) mass is 568 g/mol. The molecular weight excluding hydrogens is 526 g/mol. The van der Waals surface area contributed by atoms with Crippen molar-refractivity contribution in [3.8, 4) is 17.6 Å². The number of hydrogen-bond acceptors (Lipinski definition) is 8. The number of allylic oxidation sites excluding steroid dienone is 1. The van der Waals surface area contributed by atoms with Crippen LogP contribution >= 0.6 is 11.6 Å². The fourth-order valence-corrected chi connectivity index (χ4v) is 3.78. The lowest BCUT2D eigenvalue weighted by Crippen LogP contribution is -2.11. The molecular formula is C31H30ClN5O3. The summed E-state index contributed by atoms with van der Waals surface area (Å²) in [5.74, 6) is -1.43. The number of hydrogen-bond donors (Lipinski definition) is 1. The predicted molar refractivity (Wildman–Crippen MR) is 157 cm³/mol. The molecule has 0 spiro atoms. The zero-order valence-corrected chi connectivity index (χ0v) is 21.7. The molecule has 0 aliphatic rings. The Hall–Kier alpha value is -4.45. The topological polar surface area (TPSA) is 100 Å². The van der Waals surface area contributed by atoms with Crippen LogP contribution in [0.25, 0.3) is 10.9 Å². The number of ether oxygens (including phenoxy) is 2. The fraction of sp³-hybridized carbons (Fsp3) is 0.226. The molecule has 8 nitrogen and oxygen atoms in total. The molecule has 0 amide bonds. The molecule has 9 heteroatoms. The highest BCUT2D eigenvalue weighted by atomic mass is 35.5. The highest BCUT2D eigenvalue weighted by molar-refractivity contribution is 6.32. The Balaban J connectivity index is 1.78. The third kappa shape index (κ3) is 7.35. The molecule has 2 aromatic heterocycles. The van der Waals surface area contributed by atoms with Crippen LogP contribution in [0.4, 0.5) is 11.4 Å². The number of fused-ring (bicyclic) bond motifs is 1. The van der Waals surface area contributed by atoms with Gasteiger partial charge in [-0.1, -0.05) is 23.7 Å². The predicted octanol–water partition coefficient (Wildman–Crippen LogP) is 6.11. The van der Waals surface area contributed by atoms with Crippen LogP contribution in [0.2, 0.25) is 5.02 Å². The minimum atomic E-state index is -3.29. The highest BCUT2D eigenvalue weighted by Gasteiger charge is 2.16. The summed E-state index contributed by atoms with van der Waals surface area (Å²) < 4.78 is 113. The Kier molecular flexibility index (Phi) is 5.41. The van der Waals surface area contributed by atoms with Gasteiger partial charge in [0.1, 0.15) is 24.1 Å². The molecule has 2 aromatic carbocycles. The third-order valence-corrected chi connectivity index (χ3v) is 5.59. The molecule has 0 bridgehead atoms. The van der Waals surface area contributed by atoms with E-state index in [-0.39, 0.29) is 54.8 Å². The van der Waals surface area contributed by atoms with E-state index in [2.05, 4.69) is 15.3 Å². The van der Waals surface area contributed by atoms with Gasteiger partial charge in [-0.25, -0.2) is 0 Å². The van der Waals surface area contributed by atoms with Gasteiger partial charge in [-0.3, -0.25) is 14.8 Å². The van der Waals surface area contributed by atoms with E-state index < -0.39 is 57.4 Å². The van der Waals surface area contributed by atoms with Gasteiger partial charge in [-0.2, -0.15) is 5.26 Å². The second kappa shape index (κ2) is 13.6. The first-order valence-corrected chi connectivity index (χ1v) is 11.9. The standard InChI is InChI=1S/C31H30ClN5O3/c1-4-39-30-17-28-26(15-21(30)14-25(38)9-7-13-37(2)3)31(22(18-33)19-35-28)36-23-10-11-29(27(32)16-23)40-20-24-8-5-6-12-34-24/h5-12,15-17,19H,4,13-14,20H2,1-3H3,(H,35,36)/b9-7+/i1D3,2D3,4D2,7D,13D2,20D2.